The molecule has 1 N–H and O–H groups in total. The molecule has 0 radical (unpaired) electrons. The Morgan fingerprint density at radius 1 is 1.30 bits per heavy atom. The number of nitrogens with zero attached hydrogens (tertiary/aromatic N) is 2. The normalized spacial score (nSPS) is 22.8. The van der Waals surface area contributed by atoms with Crippen LogP contribution in [0.1, 0.15) is 50.8 Å². The van der Waals surface area contributed by atoms with E-state index in [1.807, 2.05) is 0 Å². The molecule has 1 heterocycles. The van der Waals surface area contributed by atoms with Crippen molar-refractivity contribution in [2.45, 2.75) is 59.0 Å². The molecule has 0 aliphatic heterocycles. The van der Waals surface area contributed by atoms with Crippen LogP contribution in [0.4, 0.5) is 5.82 Å². The predicted octanol–water partition coefficient (Wildman–Crippen LogP) is 3.51. The van der Waals surface area contributed by atoms with Crippen LogP contribution in [-0.4, -0.2) is 24.6 Å². The number of hydrogen-bond donors (Lipinski definition) is 1. The fourth-order valence-electron chi connectivity index (χ4n) is 3.26. The largest absolute Gasteiger partial charge is 0.356 e. The maximum Gasteiger partial charge on any atom is 0.128 e. The van der Waals surface area contributed by atoms with Gasteiger partial charge in [0, 0.05) is 25.3 Å². The van der Waals surface area contributed by atoms with Gasteiger partial charge in [-0.25, -0.2) is 4.98 Å². The summed E-state index contributed by atoms with van der Waals surface area (Å²) in [6.45, 7) is 8.55. The minimum atomic E-state index is 0.648. The van der Waals surface area contributed by atoms with Crippen molar-refractivity contribution in [3.63, 3.8) is 0 Å². The molecular weight excluding hydrogens is 246 g/mol. The maximum atomic E-state index is 4.82. The van der Waals surface area contributed by atoms with Gasteiger partial charge in [0.15, 0.2) is 0 Å². The highest BCUT2D eigenvalue weighted by molar-refractivity contribution is 5.42. The first-order valence-corrected chi connectivity index (χ1v) is 8.03. The summed E-state index contributed by atoms with van der Waals surface area (Å²) in [5.74, 6) is 1.90. The highest BCUT2D eigenvalue weighted by atomic mass is 15.2. The number of nitrogens with one attached hydrogen (secondary N) is 1. The first kappa shape index (κ1) is 15.3. The molecule has 0 spiro atoms. The third kappa shape index (κ3) is 3.51. The summed E-state index contributed by atoms with van der Waals surface area (Å²) in [5.41, 5.74) is 2.46. The van der Waals surface area contributed by atoms with Crippen LogP contribution in [0.5, 0.6) is 0 Å². The van der Waals surface area contributed by atoms with Crippen molar-refractivity contribution in [3.8, 4) is 0 Å². The molecule has 20 heavy (non-hydrogen) atoms. The van der Waals surface area contributed by atoms with Crippen molar-refractivity contribution < 1.29 is 0 Å². The van der Waals surface area contributed by atoms with E-state index in [4.69, 9.17) is 4.98 Å². The third-order valence-electron chi connectivity index (χ3n) is 4.67. The molecular formula is C17H29N3. The average molecular weight is 275 g/mol. The number of hydrogen-bond acceptors (Lipinski definition) is 3. The van der Waals surface area contributed by atoms with Crippen LogP contribution in [0.2, 0.25) is 0 Å². The molecule has 0 amide bonds. The molecule has 2 atom stereocenters. The van der Waals surface area contributed by atoms with Crippen LogP contribution in [0, 0.1) is 12.8 Å². The fraction of sp³-hybridized carbons (Fsp3) is 0.706. The van der Waals surface area contributed by atoms with Gasteiger partial charge in [-0.2, -0.15) is 0 Å². The third-order valence-corrected chi connectivity index (χ3v) is 4.67. The van der Waals surface area contributed by atoms with Gasteiger partial charge in [-0.15, -0.1) is 0 Å². The van der Waals surface area contributed by atoms with E-state index in [-0.39, 0.29) is 0 Å². The quantitative estimate of drug-likeness (QED) is 0.891. The van der Waals surface area contributed by atoms with Crippen molar-refractivity contribution in [1.29, 1.82) is 0 Å². The monoisotopic (exact) mass is 275 g/mol. The molecule has 1 fully saturated rings. The van der Waals surface area contributed by atoms with Crippen molar-refractivity contribution in [2.75, 3.05) is 18.5 Å². The Kier molecular flexibility index (Phi) is 5.41. The number of aromatic nitrogens is 1. The molecule has 3 heteroatoms. The summed E-state index contributed by atoms with van der Waals surface area (Å²) >= 11 is 0. The second kappa shape index (κ2) is 7.07. The van der Waals surface area contributed by atoms with Gasteiger partial charge in [0.25, 0.3) is 0 Å². The Morgan fingerprint density at radius 2 is 2.05 bits per heavy atom. The lowest BCUT2D eigenvalue weighted by molar-refractivity contribution is 0.320. The number of pyridine rings is 1. The van der Waals surface area contributed by atoms with Gasteiger partial charge in [-0.3, -0.25) is 0 Å². The van der Waals surface area contributed by atoms with Gasteiger partial charge in [-0.1, -0.05) is 32.8 Å². The lowest BCUT2D eigenvalue weighted by Crippen LogP contribution is -2.39. The van der Waals surface area contributed by atoms with Crippen LogP contribution in [0.3, 0.4) is 0 Å². The van der Waals surface area contributed by atoms with E-state index in [0.717, 1.165) is 30.5 Å². The Labute approximate surface area is 123 Å². The minimum Gasteiger partial charge on any atom is -0.356 e. The molecule has 2 unspecified atom stereocenters. The van der Waals surface area contributed by atoms with E-state index in [1.165, 1.54) is 31.2 Å². The zero-order valence-corrected chi connectivity index (χ0v) is 13.4. The fourth-order valence-corrected chi connectivity index (χ4v) is 3.26. The zero-order chi connectivity index (χ0) is 14.5. The van der Waals surface area contributed by atoms with E-state index in [2.05, 4.69) is 50.2 Å². The van der Waals surface area contributed by atoms with E-state index < -0.39 is 0 Å². The Balaban J connectivity index is 2.09. The molecule has 0 saturated heterocycles. The second-order valence-electron chi connectivity index (χ2n) is 6.13. The van der Waals surface area contributed by atoms with Gasteiger partial charge in [0.05, 0.1) is 0 Å². The summed E-state index contributed by atoms with van der Waals surface area (Å²) in [6, 6.07) is 5.06. The highest BCUT2D eigenvalue weighted by Crippen LogP contribution is 2.30. The van der Waals surface area contributed by atoms with Crippen molar-refractivity contribution in [1.82, 2.24) is 10.3 Å². The van der Waals surface area contributed by atoms with Gasteiger partial charge < -0.3 is 10.2 Å². The Morgan fingerprint density at radius 3 is 2.70 bits per heavy atom. The molecule has 1 aliphatic carbocycles. The summed E-state index contributed by atoms with van der Waals surface area (Å²) in [5, 5.41) is 3.37. The van der Waals surface area contributed by atoms with E-state index in [1.54, 1.807) is 0 Å². The smallest absolute Gasteiger partial charge is 0.128 e. The molecule has 1 aromatic heterocycles. The standard InChI is InChI=1S/C17H29N3/c1-5-18-12-15-10-11-17(19-14(15)3)20(4)16-9-7-6-8-13(16)2/h10-11,13,16,18H,5-9,12H2,1-4H3. The van der Waals surface area contributed by atoms with Gasteiger partial charge in [-0.05, 0) is 43.9 Å². The topological polar surface area (TPSA) is 28.2 Å². The van der Waals surface area contributed by atoms with Gasteiger partial charge >= 0.3 is 0 Å². The van der Waals surface area contributed by atoms with E-state index in [9.17, 15) is 0 Å². The van der Waals surface area contributed by atoms with E-state index in [0.29, 0.717) is 6.04 Å². The predicted molar refractivity (Wildman–Crippen MR) is 86.2 cm³/mol. The van der Waals surface area contributed by atoms with Gasteiger partial charge in [0.1, 0.15) is 5.82 Å². The molecule has 112 valence electrons. The van der Waals surface area contributed by atoms with Crippen LogP contribution in [-0.2, 0) is 6.54 Å². The molecule has 1 aromatic rings. The molecule has 1 saturated carbocycles. The van der Waals surface area contributed by atoms with E-state index >= 15 is 0 Å². The SMILES string of the molecule is CCNCc1ccc(N(C)C2CCCCC2C)nc1C. The summed E-state index contributed by atoms with van der Waals surface area (Å²) in [7, 11) is 2.21. The zero-order valence-electron chi connectivity index (χ0n) is 13.4. The minimum absolute atomic E-state index is 0.648. The van der Waals surface area contributed by atoms with Crippen LogP contribution in [0.15, 0.2) is 12.1 Å². The first-order valence-electron chi connectivity index (χ1n) is 8.03. The maximum absolute atomic E-state index is 4.82. The van der Waals surface area contributed by atoms with Gasteiger partial charge in [0.2, 0.25) is 0 Å². The lowest BCUT2D eigenvalue weighted by atomic mass is 9.85. The molecule has 0 bridgehead atoms. The summed E-state index contributed by atoms with van der Waals surface area (Å²) < 4.78 is 0. The molecule has 3 nitrogen and oxygen atoms in total. The number of rotatable bonds is 5. The first-order chi connectivity index (χ1) is 9.63. The summed E-state index contributed by atoms with van der Waals surface area (Å²) in [4.78, 5) is 7.22. The number of anilines is 1. The Bertz CT molecular complexity index is 430. The average Bonchev–Trinajstić information content (AvgIpc) is 2.46. The van der Waals surface area contributed by atoms with Crippen molar-refractivity contribution in [2.24, 2.45) is 5.92 Å². The van der Waals surface area contributed by atoms with Crippen LogP contribution >= 0.6 is 0 Å². The molecule has 1 aliphatic rings. The van der Waals surface area contributed by atoms with Crippen LogP contribution < -0.4 is 10.2 Å². The Hall–Kier alpha value is -1.09. The second-order valence-corrected chi connectivity index (χ2v) is 6.13. The number of aryl methyl sites for hydroxylation is 1. The molecule has 0 aromatic carbocycles. The van der Waals surface area contributed by atoms with Crippen molar-refractivity contribution >= 4 is 5.82 Å². The van der Waals surface area contributed by atoms with Crippen molar-refractivity contribution in [3.05, 3.63) is 23.4 Å². The highest BCUT2D eigenvalue weighted by Gasteiger charge is 2.25. The van der Waals surface area contributed by atoms with Crippen LogP contribution in [0.25, 0.3) is 0 Å². The molecule has 2 rings (SSSR count). The lowest BCUT2D eigenvalue weighted by Gasteiger charge is -2.37. The summed E-state index contributed by atoms with van der Waals surface area (Å²) in [6.07, 6.45) is 5.40.